The summed E-state index contributed by atoms with van der Waals surface area (Å²) in [6.45, 7) is 0. The number of amides is 2. The van der Waals surface area contributed by atoms with E-state index in [-0.39, 0.29) is 11.8 Å². The van der Waals surface area contributed by atoms with Crippen LogP contribution in [-0.4, -0.2) is 11.8 Å². The molecule has 0 aliphatic carbocycles. The summed E-state index contributed by atoms with van der Waals surface area (Å²) >= 11 is 0. The Morgan fingerprint density at radius 3 is 1.24 bits per heavy atom. The van der Waals surface area contributed by atoms with Gasteiger partial charge in [-0.2, -0.15) is 0 Å². The van der Waals surface area contributed by atoms with Crippen LogP contribution in [0.5, 0.6) is 0 Å². The van der Waals surface area contributed by atoms with Gasteiger partial charge in [-0.05, 0) is 36.1 Å². The Hall–Kier alpha value is -4.18. The van der Waals surface area contributed by atoms with Gasteiger partial charge in [0, 0.05) is 35.3 Å². The zero-order chi connectivity index (χ0) is 23.6. The van der Waals surface area contributed by atoms with Gasteiger partial charge >= 0.3 is 0 Å². The second kappa shape index (κ2) is 11.6. The van der Waals surface area contributed by atoms with E-state index in [1.165, 1.54) is 0 Å². The van der Waals surface area contributed by atoms with Crippen LogP contribution in [-0.2, 0) is 22.4 Å². The lowest BCUT2D eigenvalue weighted by Gasteiger charge is -2.15. The average molecular weight is 449 g/mol. The van der Waals surface area contributed by atoms with Gasteiger partial charge in [0.05, 0.1) is 0 Å². The van der Waals surface area contributed by atoms with Crippen LogP contribution in [0.15, 0.2) is 109 Å². The number of anilines is 2. The molecule has 4 aromatic carbocycles. The summed E-state index contributed by atoms with van der Waals surface area (Å²) in [5.41, 5.74) is 5.46. The van der Waals surface area contributed by atoms with Crippen molar-refractivity contribution in [1.29, 1.82) is 0 Å². The molecule has 0 saturated heterocycles. The molecular weight excluding hydrogens is 420 g/mol. The number of para-hydroxylation sites is 2. The summed E-state index contributed by atoms with van der Waals surface area (Å²) in [4.78, 5) is 25.3. The molecule has 4 heteroatoms. The maximum absolute atomic E-state index is 12.7. The zero-order valence-electron chi connectivity index (χ0n) is 19.0. The molecule has 2 amide bonds. The Morgan fingerprint density at radius 2 is 0.824 bits per heavy atom. The molecule has 0 spiro atoms. The number of rotatable bonds is 9. The molecule has 0 aliphatic rings. The van der Waals surface area contributed by atoms with Crippen LogP contribution in [0.2, 0.25) is 0 Å². The third kappa shape index (κ3) is 6.42. The number of aryl methyl sites for hydroxylation is 2. The number of nitrogens with one attached hydrogen (secondary N) is 2. The molecule has 0 aliphatic heterocycles. The molecule has 4 rings (SSSR count). The molecule has 0 aromatic heterocycles. The van der Waals surface area contributed by atoms with Crippen molar-refractivity contribution >= 4 is 23.2 Å². The van der Waals surface area contributed by atoms with Crippen LogP contribution in [0.3, 0.4) is 0 Å². The molecule has 0 fully saturated rings. The van der Waals surface area contributed by atoms with Crippen molar-refractivity contribution in [3.8, 4) is 11.1 Å². The number of hydrogen-bond acceptors (Lipinski definition) is 2. The minimum Gasteiger partial charge on any atom is -0.326 e. The molecule has 0 bridgehead atoms. The second-order valence-electron chi connectivity index (χ2n) is 8.16. The maximum atomic E-state index is 12.7. The highest BCUT2D eigenvalue weighted by molar-refractivity contribution is 6.00. The van der Waals surface area contributed by atoms with Gasteiger partial charge in [-0.25, -0.2) is 0 Å². The van der Waals surface area contributed by atoms with Gasteiger partial charge in [0.1, 0.15) is 0 Å². The first-order valence-electron chi connectivity index (χ1n) is 11.5. The largest absolute Gasteiger partial charge is 0.326 e. The van der Waals surface area contributed by atoms with Gasteiger partial charge in [0.15, 0.2) is 0 Å². The Kier molecular flexibility index (Phi) is 7.86. The molecule has 0 atom stereocenters. The van der Waals surface area contributed by atoms with Crippen molar-refractivity contribution in [1.82, 2.24) is 0 Å². The highest BCUT2D eigenvalue weighted by Gasteiger charge is 2.13. The van der Waals surface area contributed by atoms with Gasteiger partial charge in [0.25, 0.3) is 0 Å². The molecule has 0 heterocycles. The SMILES string of the molecule is O=C(CCc1ccccc1)Nc1ccccc1-c1ccccc1NC(=O)CCc1ccccc1. The molecular formula is C30H28N2O2. The molecule has 0 radical (unpaired) electrons. The Morgan fingerprint density at radius 1 is 0.471 bits per heavy atom. The monoisotopic (exact) mass is 448 g/mol. The third-order valence-corrected chi connectivity index (χ3v) is 5.66. The van der Waals surface area contributed by atoms with E-state index in [2.05, 4.69) is 10.6 Å². The first kappa shape index (κ1) is 23.0. The zero-order valence-corrected chi connectivity index (χ0v) is 19.0. The smallest absolute Gasteiger partial charge is 0.224 e. The van der Waals surface area contributed by atoms with Crippen LogP contribution >= 0.6 is 0 Å². The van der Waals surface area contributed by atoms with E-state index >= 15 is 0 Å². The molecule has 2 N–H and O–H groups in total. The fraction of sp³-hybridized carbons (Fsp3) is 0.133. The van der Waals surface area contributed by atoms with E-state index in [4.69, 9.17) is 0 Å². The van der Waals surface area contributed by atoms with E-state index < -0.39 is 0 Å². The first-order valence-corrected chi connectivity index (χ1v) is 11.5. The highest BCUT2D eigenvalue weighted by Crippen LogP contribution is 2.33. The van der Waals surface area contributed by atoms with Crippen LogP contribution < -0.4 is 10.6 Å². The standard InChI is InChI=1S/C30H28N2O2/c33-29(21-19-23-11-3-1-4-12-23)31-27-17-9-7-15-25(27)26-16-8-10-18-28(26)32-30(34)22-20-24-13-5-2-6-14-24/h1-18H,19-22H2,(H,31,33)(H,32,34). The summed E-state index contributed by atoms with van der Waals surface area (Å²) in [6, 6.07) is 35.3. The van der Waals surface area contributed by atoms with E-state index in [9.17, 15) is 9.59 Å². The van der Waals surface area contributed by atoms with Crippen molar-refractivity contribution in [2.45, 2.75) is 25.7 Å². The van der Waals surface area contributed by atoms with Gasteiger partial charge in [0.2, 0.25) is 11.8 Å². The molecule has 34 heavy (non-hydrogen) atoms. The lowest BCUT2D eigenvalue weighted by Crippen LogP contribution is -2.14. The fourth-order valence-electron chi connectivity index (χ4n) is 3.88. The summed E-state index contributed by atoms with van der Waals surface area (Å²) in [6.07, 6.45) is 2.16. The van der Waals surface area contributed by atoms with E-state index in [0.717, 1.165) is 33.6 Å². The average Bonchev–Trinajstić information content (AvgIpc) is 2.88. The van der Waals surface area contributed by atoms with E-state index in [0.29, 0.717) is 25.7 Å². The van der Waals surface area contributed by atoms with Crippen LogP contribution in [0, 0.1) is 0 Å². The molecule has 4 aromatic rings. The number of carbonyl (C=O) groups is 2. The van der Waals surface area contributed by atoms with Crippen LogP contribution in [0.1, 0.15) is 24.0 Å². The van der Waals surface area contributed by atoms with Crippen LogP contribution in [0.4, 0.5) is 11.4 Å². The molecule has 0 saturated carbocycles. The van der Waals surface area contributed by atoms with Gasteiger partial charge < -0.3 is 10.6 Å². The van der Waals surface area contributed by atoms with Crippen molar-refractivity contribution in [3.63, 3.8) is 0 Å². The predicted molar refractivity (Wildman–Crippen MR) is 139 cm³/mol. The van der Waals surface area contributed by atoms with Crippen LogP contribution in [0.25, 0.3) is 11.1 Å². The topological polar surface area (TPSA) is 58.2 Å². The Bertz CT molecular complexity index is 1140. The number of carbonyl (C=O) groups excluding carboxylic acids is 2. The molecule has 4 nitrogen and oxygen atoms in total. The Balaban J connectivity index is 1.45. The minimum atomic E-state index is -0.0410. The minimum absolute atomic E-state index is 0.0410. The Labute approximate surface area is 200 Å². The lowest BCUT2D eigenvalue weighted by atomic mass is 10.0. The lowest BCUT2D eigenvalue weighted by molar-refractivity contribution is -0.117. The van der Waals surface area contributed by atoms with E-state index in [1.54, 1.807) is 0 Å². The molecule has 170 valence electrons. The second-order valence-corrected chi connectivity index (χ2v) is 8.16. The van der Waals surface area contributed by atoms with E-state index in [1.807, 2.05) is 109 Å². The highest BCUT2D eigenvalue weighted by atomic mass is 16.2. The fourth-order valence-corrected chi connectivity index (χ4v) is 3.88. The third-order valence-electron chi connectivity index (χ3n) is 5.66. The summed E-state index contributed by atoms with van der Waals surface area (Å²) in [5.74, 6) is -0.0821. The van der Waals surface area contributed by atoms with Crippen molar-refractivity contribution in [2.75, 3.05) is 10.6 Å². The molecule has 0 unspecified atom stereocenters. The quantitative estimate of drug-likeness (QED) is 0.307. The van der Waals surface area contributed by atoms with Crippen molar-refractivity contribution < 1.29 is 9.59 Å². The maximum Gasteiger partial charge on any atom is 0.224 e. The van der Waals surface area contributed by atoms with Crippen molar-refractivity contribution in [2.24, 2.45) is 0 Å². The summed E-state index contributed by atoms with van der Waals surface area (Å²) in [5, 5.41) is 6.11. The van der Waals surface area contributed by atoms with Crippen molar-refractivity contribution in [3.05, 3.63) is 120 Å². The number of benzene rings is 4. The first-order chi connectivity index (χ1) is 16.7. The normalized spacial score (nSPS) is 10.5. The predicted octanol–water partition coefficient (Wildman–Crippen LogP) is 6.50. The summed E-state index contributed by atoms with van der Waals surface area (Å²) in [7, 11) is 0. The van der Waals surface area contributed by atoms with Gasteiger partial charge in [-0.15, -0.1) is 0 Å². The van der Waals surface area contributed by atoms with Gasteiger partial charge in [-0.1, -0.05) is 97.1 Å². The summed E-state index contributed by atoms with van der Waals surface area (Å²) < 4.78 is 0. The van der Waals surface area contributed by atoms with Gasteiger partial charge in [-0.3, -0.25) is 9.59 Å². The number of hydrogen-bond donors (Lipinski definition) is 2.